The van der Waals surface area contributed by atoms with Crippen molar-refractivity contribution in [3.05, 3.63) is 106 Å². The Morgan fingerprint density at radius 2 is 1.75 bits per heavy atom. The number of hydrogen-bond acceptors (Lipinski definition) is 4. The molecule has 9 heteroatoms. The average Bonchev–Trinajstić information content (AvgIpc) is 3.51. The van der Waals surface area contributed by atoms with Crippen LogP contribution in [0.4, 0.5) is 4.39 Å². The van der Waals surface area contributed by atoms with Gasteiger partial charge in [0.2, 0.25) is 5.88 Å². The van der Waals surface area contributed by atoms with Crippen molar-refractivity contribution in [1.29, 1.82) is 0 Å². The van der Waals surface area contributed by atoms with Crippen molar-refractivity contribution in [2.24, 2.45) is 13.0 Å². The highest BCUT2D eigenvalue weighted by Gasteiger charge is 2.22. The zero-order chi connectivity index (χ0) is 25.4. The Bertz CT molecular complexity index is 1630. The van der Waals surface area contributed by atoms with E-state index in [1.54, 1.807) is 23.3 Å². The topological polar surface area (TPSA) is 76.0 Å². The number of rotatable bonds is 7. The van der Waals surface area contributed by atoms with Crippen LogP contribution in [0.1, 0.15) is 19.4 Å². The highest BCUT2D eigenvalue weighted by Crippen LogP contribution is 2.31. The molecular weight excluding hydrogens is 461 g/mol. The molecule has 0 bridgehead atoms. The van der Waals surface area contributed by atoms with Crippen molar-refractivity contribution in [3.8, 4) is 17.3 Å². The molecule has 0 fully saturated rings. The summed E-state index contributed by atoms with van der Waals surface area (Å²) >= 11 is 0. The third-order valence-corrected chi connectivity index (χ3v) is 6.00. The second-order valence-electron chi connectivity index (χ2n) is 9.17. The smallest absolute Gasteiger partial charge is 0.331 e. The van der Waals surface area contributed by atoms with Gasteiger partial charge in [-0.15, -0.1) is 0 Å². The van der Waals surface area contributed by atoms with Gasteiger partial charge in [-0.1, -0.05) is 26.0 Å². The normalized spacial score (nSPS) is 11.5. The molecule has 36 heavy (non-hydrogen) atoms. The molecule has 0 spiro atoms. The summed E-state index contributed by atoms with van der Waals surface area (Å²) in [6, 6.07) is 13.5. The third kappa shape index (κ3) is 4.35. The lowest BCUT2D eigenvalue weighted by molar-refractivity contribution is 0.439. The molecule has 0 amide bonds. The minimum atomic E-state index is -0.443. The van der Waals surface area contributed by atoms with E-state index in [4.69, 9.17) is 4.74 Å². The average molecular weight is 488 g/mol. The molecule has 8 nitrogen and oxygen atoms in total. The number of aromatic nitrogens is 5. The molecule has 5 aromatic rings. The maximum atomic E-state index is 13.5. The predicted molar refractivity (Wildman–Crippen MR) is 135 cm³/mol. The molecule has 0 aliphatic rings. The van der Waals surface area contributed by atoms with Gasteiger partial charge in [-0.05, 0) is 47.9 Å². The zero-order valence-electron chi connectivity index (χ0n) is 20.3. The molecule has 0 saturated heterocycles. The molecule has 0 aliphatic carbocycles. The molecule has 0 radical (unpaired) electrons. The molecule has 2 aromatic carbocycles. The molecular formula is C27H26FN5O3. The van der Waals surface area contributed by atoms with Gasteiger partial charge < -0.3 is 13.9 Å². The highest BCUT2D eigenvalue weighted by molar-refractivity contribution is 5.85. The standard InChI is InChI=1S/C27H26FN5O3/c1-18(2)14-33-23-16-32(15-19-4-8-21(9-5-19)31-13-12-29-17-31)26(24(23)25(34)30(3)27(33)35)36-22-10-6-20(28)7-11-22/h4-13,16-18H,14-15H2,1-3H3. The fraction of sp³-hybridized carbons (Fsp3) is 0.222. The van der Waals surface area contributed by atoms with E-state index in [0.717, 1.165) is 15.8 Å². The Balaban J connectivity index is 1.65. The largest absolute Gasteiger partial charge is 0.440 e. The van der Waals surface area contributed by atoms with Gasteiger partial charge in [-0.2, -0.15) is 0 Å². The maximum Gasteiger partial charge on any atom is 0.331 e. The fourth-order valence-corrected chi connectivity index (χ4v) is 4.23. The summed E-state index contributed by atoms with van der Waals surface area (Å²) in [4.78, 5) is 30.4. The van der Waals surface area contributed by atoms with Crippen LogP contribution in [-0.2, 0) is 20.1 Å². The van der Waals surface area contributed by atoms with Gasteiger partial charge in [-0.25, -0.2) is 14.2 Å². The summed E-state index contributed by atoms with van der Waals surface area (Å²) in [6.07, 6.45) is 7.09. The Morgan fingerprint density at radius 1 is 1.03 bits per heavy atom. The van der Waals surface area contributed by atoms with E-state index >= 15 is 0 Å². The molecule has 0 unspecified atom stereocenters. The summed E-state index contributed by atoms with van der Waals surface area (Å²) in [5, 5.41) is 0.303. The van der Waals surface area contributed by atoms with E-state index in [9.17, 15) is 14.0 Å². The number of nitrogens with zero attached hydrogens (tertiary/aromatic N) is 5. The van der Waals surface area contributed by atoms with E-state index in [-0.39, 0.29) is 17.4 Å². The van der Waals surface area contributed by atoms with Crippen LogP contribution in [0.25, 0.3) is 16.6 Å². The SMILES string of the molecule is CC(C)Cn1c(=O)n(C)c(=O)c2c(Oc3ccc(F)cc3)n(Cc3ccc(-n4ccnc4)cc3)cc21. The highest BCUT2D eigenvalue weighted by atomic mass is 19.1. The van der Waals surface area contributed by atoms with Gasteiger partial charge in [0.25, 0.3) is 5.56 Å². The van der Waals surface area contributed by atoms with Crippen LogP contribution in [0.15, 0.2) is 83.0 Å². The molecule has 184 valence electrons. The molecule has 5 rings (SSSR count). The number of halogens is 1. The fourth-order valence-electron chi connectivity index (χ4n) is 4.23. The molecule has 3 aromatic heterocycles. The van der Waals surface area contributed by atoms with Gasteiger partial charge in [0.05, 0.1) is 18.4 Å². The first-order valence-electron chi connectivity index (χ1n) is 11.6. The van der Waals surface area contributed by atoms with Crippen LogP contribution in [0.5, 0.6) is 11.6 Å². The van der Waals surface area contributed by atoms with Crippen molar-refractivity contribution in [3.63, 3.8) is 0 Å². The molecule has 0 saturated carbocycles. The number of hydrogen-bond donors (Lipinski definition) is 0. The Labute approximate surface area is 206 Å². The Morgan fingerprint density at radius 3 is 2.39 bits per heavy atom. The van der Waals surface area contributed by atoms with Crippen LogP contribution in [-0.4, -0.2) is 23.3 Å². The van der Waals surface area contributed by atoms with Crippen molar-refractivity contribution < 1.29 is 9.13 Å². The second kappa shape index (κ2) is 9.33. The summed E-state index contributed by atoms with van der Waals surface area (Å²) in [7, 11) is 1.47. The first-order chi connectivity index (χ1) is 17.3. The quantitative estimate of drug-likeness (QED) is 0.343. The lowest BCUT2D eigenvalue weighted by Gasteiger charge is -2.13. The first-order valence-corrected chi connectivity index (χ1v) is 11.6. The summed E-state index contributed by atoms with van der Waals surface area (Å²) < 4.78 is 26.1. The number of imidazole rings is 1. The number of fused-ring (bicyclic) bond motifs is 1. The van der Waals surface area contributed by atoms with Crippen LogP contribution in [0.2, 0.25) is 0 Å². The van der Waals surface area contributed by atoms with Crippen LogP contribution in [0, 0.1) is 11.7 Å². The number of benzene rings is 2. The Kier molecular flexibility index (Phi) is 6.05. The van der Waals surface area contributed by atoms with Crippen molar-refractivity contribution in [1.82, 2.24) is 23.3 Å². The maximum absolute atomic E-state index is 13.5. The lowest BCUT2D eigenvalue weighted by Crippen LogP contribution is -2.38. The zero-order valence-corrected chi connectivity index (χ0v) is 20.3. The summed E-state index contributed by atoms with van der Waals surface area (Å²) in [5.74, 6) is 0.483. The lowest BCUT2D eigenvalue weighted by atomic mass is 10.2. The van der Waals surface area contributed by atoms with Crippen molar-refractivity contribution in [2.75, 3.05) is 0 Å². The van der Waals surface area contributed by atoms with E-state index in [0.29, 0.717) is 35.6 Å². The van der Waals surface area contributed by atoms with Crippen LogP contribution in [0.3, 0.4) is 0 Å². The summed E-state index contributed by atoms with van der Waals surface area (Å²) in [5.41, 5.74) is 1.62. The van der Waals surface area contributed by atoms with Gasteiger partial charge in [-0.3, -0.25) is 13.9 Å². The molecule has 3 heterocycles. The van der Waals surface area contributed by atoms with Crippen LogP contribution < -0.4 is 16.0 Å². The van der Waals surface area contributed by atoms with E-state index in [1.807, 2.05) is 53.4 Å². The van der Waals surface area contributed by atoms with Gasteiger partial charge in [0.1, 0.15) is 17.0 Å². The van der Waals surface area contributed by atoms with Crippen LogP contribution >= 0.6 is 0 Å². The molecule has 0 atom stereocenters. The van der Waals surface area contributed by atoms with Crippen molar-refractivity contribution >= 4 is 10.9 Å². The van der Waals surface area contributed by atoms with E-state index < -0.39 is 5.56 Å². The second-order valence-corrected chi connectivity index (χ2v) is 9.17. The minimum absolute atomic E-state index is 0.184. The van der Waals surface area contributed by atoms with Gasteiger partial charge in [0, 0.05) is 37.9 Å². The predicted octanol–water partition coefficient (Wildman–Crippen LogP) is 4.32. The van der Waals surface area contributed by atoms with Gasteiger partial charge in [0.15, 0.2) is 0 Å². The molecule has 0 N–H and O–H groups in total. The molecule has 0 aliphatic heterocycles. The first kappa shape index (κ1) is 23.3. The monoisotopic (exact) mass is 487 g/mol. The Hall–Kier alpha value is -4.40. The van der Waals surface area contributed by atoms with Crippen molar-refractivity contribution in [2.45, 2.75) is 26.9 Å². The number of ether oxygens (including phenoxy) is 1. The van der Waals surface area contributed by atoms with Gasteiger partial charge >= 0.3 is 5.69 Å². The summed E-state index contributed by atoms with van der Waals surface area (Å²) in [6.45, 7) is 4.87. The van der Waals surface area contributed by atoms with E-state index in [1.165, 1.54) is 31.3 Å². The van der Waals surface area contributed by atoms with E-state index in [2.05, 4.69) is 4.98 Å². The minimum Gasteiger partial charge on any atom is -0.440 e. The third-order valence-electron chi connectivity index (χ3n) is 6.00.